The molecule has 0 saturated heterocycles. The lowest BCUT2D eigenvalue weighted by Gasteiger charge is -1.99. The molecule has 0 aliphatic carbocycles. The van der Waals surface area contributed by atoms with Crippen molar-refractivity contribution in [2.75, 3.05) is 5.32 Å². The van der Waals surface area contributed by atoms with Crippen LogP contribution in [0.1, 0.15) is 43.6 Å². The molecule has 128 valence electrons. The molecule has 0 aliphatic heterocycles. The summed E-state index contributed by atoms with van der Waals surface area (Å²) < 4.78 is 0. The van der Waals surface area contributed by atoms with Gasteiger partial charge in [0.15, 0.2) is 10.9 Å². The zero-order valence-corrected chi connectivity index (χ0v) is 15.9. The van der Waals surface area contributed by atoms with Crippen LogP contribution in [0.15, 0.2) is 36.4 Å². The summed E-state index contributed by atoms with van der Waals surface area (Å²) in [7, 11) is 0. The van der Waals surface area contributed by atoms with Gasteiger partial charge >= 0.3 is 0 Å². The van der Waals surface area contributed by atoms with Crippen LogP contribution < -0.4 is 5.32 Å². The molecule has 1 N–H and O–H groups in total. The minimum absolute atomic E-state index is 0.0583. The standard InChI is InChI=1S/C19H18N2O2S2/c1-4-13-10-15(24-12(13)3)18(23)21-19-20-16(17(25-19)11(2)22)14-8-6-5-7-9-14/h5-10H,4H2,1-3H3,(H,20,21,23). The number of benzene rings is 1. The maximum atomic E-state index is 12.5. The Kier molecular flexibility index (Phi) is 5.11. The maximum absolute atomic E-state index is 12.5. The number of nitrogens with one attached hydrogen (secondary N) is 1. The summed E-state index contributed by atoms with van der Waals surface area (Å²) in [6, 6.07) is 11.4. The van der Waals surface area contributed by atoms with Gasteiger partial charge in [0, 0.05) is 17.4 Å². The van der Waals surface area contributed by atoms with Gasteiger partial charge in [-0.05, 0) is 25.0 Å². The number of anilines is 1. The van der Waals surface area contributed by atoms with Crippen molar-refractivity contribution in [3.63, 3.8) is 0 Å². The van der Waals surface area contributed by atoms with E-state index in [1.807, 2.05) is 43.3 Å². The van der Waals surface area contributed by atoms with Crippen LogP contribution >= 0.6 is 22.7 Å². The number of aromatic nitrogens is 1. The molecule has 0 spiro atoms. The molecule has 3 rings (SSSR count). The number of thiazole rings is 1. The fourth-order valence-electron chi connectivity index (χ4n) is 2.55. The molecule has 0 unspecified atom stereocenters. The molecule has 2 heterocycles. The van der Waals surface area contributed by atoms with Gasteiger partial charge in [0.25, 0.3) is 5.91 Å². The fourth-order valence-corrected chi connectivity index (χ4v) is 4.43. The molecule has 25 heavy (non-hydrogen) atoms. The Bertz CT molecular complexity index is 926. The highest BCUT2D eigenvalue weighted by molar-refractivity contribution is 7.18. The number of amides is 1. The number of ketones is 1. The first-order valence-electron chi connectivity index (χ1n) is 7.97. The molecule has 0 atom stereocenters. The maximum Gasteiger partial charge on any atom is 0.267 e. The van der Waals surface area contributed by atoms with Gasteiger partial charge in [-0.15, -0.1) is 11.3 Å². The molecule has 0 saturated carbocycles. The van der Waals surface area contributed by atoms with E-state index in [0.29, 0.717) is 20.6 Å². The van der Waals surface area contributed by atoms with E-state index < -0.39 is 0 Å². The van der Waals surface area contributed by atoms with Gasteiger partial charge in [-0.2, -0.15) is 0 Å². The molecule has 4 nitrogen and oxygen atoms in total. The van der Waals surface area contributed by atoms with Gasteiger partial charge < -0.3 is 0 Å². The highest BCUT2D eigenvalue weighted by atomic mass is 32.1. The van der Waals surface area contributed by atoms with Crippen LogP contribution in [0.2, 0.25) is 0 Å². The second-order valence-corrected chi connectivity index (χ2v) is 7.87. The molecular weight excluding hydrogens is 352 g/mol. The number of carbonyl (C=O) groups is 2. The SMILES string of the molecule is CCc1cc(C(=O)Nc2nc(-c3ccccc3)c(C(C)=O)s2)sc1C. The number of hydrogen-bond donors (Lipinski definition) is 1. The number of thiophene rings is 1. The predicted octanol–water partition coefficient (Wildman–Crippen LogP) is 5.20. The molecule has 1 amide bonds. The van der Waals surface area contributed by atoms with E-state index in [4.69, 9.17) is 0 Å². The van der Waals surface area contributed by atoms with Crippen molar-refractivity contribution >= 4 is 39.5 Å². The van der Waals surface area contributed by atoms with E-state index in [1.165, 1.54) is 35.2 Å². The smallest absolute Gasteiger partial charge is 0.267 e. The molecule has 0 radical (unpaired) electrons. The third-order valence-electron chi connectivity index (χ3n) is 3.84. The van der Waals surface area contributed by atoms with Crippen LogP contribution in [0.25, 0.3) is 11.3 Å². The van der Waals surface area contributed by atoms with Crippen molar-refractivity contribution in [3.8, 4) is 11.3 Å². The Morgan fingerprint density at radius 2 is 1.88 bits per heavy atom. The Labute approximate surface area is 154 Å². The van der Waals surface area contributed by atoms with Gasteiger partial charge in [-0.3, -0.25) is 14.9 Å². The quantitative estimate of drug-likeness (QED) is 0.628. The van der Waals surface area contributed by atoms with E-state index in [-0.39, 0.29) is 11.7 Å². The second-order valence-electron chi connectivity index (χ2n) is 5.62. The highest BCUT2D eigenvalue weighted by Crippen LogP contribution is 2.32. The van der Waals surface area contributed by atoms with E-state index in [1.54, 1.807) is 0 Å². The number of carbonyl (C=O) groups excluding carboxylic acids is 2. The lowest BCUT2D eigenvalue weighted by molar-refractivity contribution is 0.101. The molecule has 1 aromatic carbocycles. The van der Waals surface area contributed by atoms with Crippen LogP contribution in [-0.2, 0) is 6.42 Å². The number of nitrogens with zero attached hydrogens (tertiary/aromatic N) is 1. The van der Waals surface area contributed by atoms with E-state index in [0.717, 1.165) is 16.9 Å². The predicted molar refractivity (Wildman–Crippen MR) is 104 cm³/mol. The fraction of sp³-hybridized carbons (Fsp3) is 0.211. The Hall–Kier alpha value is -2.31. The lowest BCUT2D eigenvalue weighted by atomic mass is 10.1. The number of Topliss-reactive ketones (excluding diaryl/α,β-unsaturated/α-hetero) is 1. The number of aryl methyl sites for hydroxylation is 2. The summed E-state index contributed by atoms with van der Waals surface area (Å²) in [6.45, 7) is 5.61. The zero-order chi connectivity index (χ0) is 18.0. The van der Waals surface area contributed by atoms with E-state index in [2.05, 4.69) is 17.2 Å². The Morgan fingerprint density at radius 3 is 2.48 bits per heavy atom. The van der Waals surface area contributed by atoms with Gasteiger partial charge in [-0.25, -0.2) is 4.98 Å². The third-order valence-corrected chi connectivity index (χ3v) is 6.00. The van der Waals surface area contributed by atoms with Crippen LogP contribution in [0, 0.1) is 6.92 Å². The Morgan fingerprint density at radius 1 is 1.16 bits per heavy atom. The first kappa shape index (κ1) is 17.5. The average molecular weight is 370 g/mol. The summed E-state index contributed by atoms with van der Waals surface area (Å²) in [5, 5.41) is 3.28. The minimum Gasteiger partial charge on any atom is -0.297 e. The molecule has 0 fully saturated rings. The molecule has 0 aliphatic rings. The van der Waals surface area contributed by atoms with E-state index >= 15 is 0 Å². The van der Waals surface area contributed by atoms with Crippen molar-refractivity contribution in [2.45, 2.75) is 27.2 Å². The average Bonchev–Trinajstić information content (AvgIpc) is 3.19. The largest absolute Gasteiger partial charge is 0.297 e. The third kappa shape index (κ3) is 3.70. The normalized spacial score (nSPS) is 10.7. The van der Waals surface area contributed by atoms with Gasteiger partial charge in [0.1, 0.15) is 0 Å². The van der Waals surface area contributed by atoms with Crippen molar-refractivity contribution in [1.29, 1.82) is 0 Å². The molecule has 2 aromatic heterocycles. The van der Waals surface area contributed by atoms with Crippen molar-refractivity contribution in [1.82, 2.24) is 4.98 Å². The molecule has 0 bridgehead atoms. The highest BCUT2D eigenvalue weighted by Gasteiger charge is 2.19. The van der Waals surface area contributed by atoms with Crippen LogP contribution in [0.4, 0.5) is 5.13 Å². The first-order valence-corrected chi connectivity index (χ1v) is 9.60. The molecule has 6 heteroatoms. The van der Waals surface area contributed by atoms with Crippen molar-refractivity contribution in [2.24, 2.45) is 0 Å². The van der Waals surface area contributed by atoms with Gasteiger partial charge in [-0.1, -0.05) is 48.6 Å². The number of rotatable bonds is 5. The van der Waals surface area contributed by atoms with Crippen molar-refractivity contribution in [3.05, 3.63) is 56.6 Å². The summed E-state index contributed by atoms with van der Waals surface area (Å²) in [4.78, 5) is 31.3. The van der Waals surface area contributed by atoms with Crippen LogP contribution in [0.3, 0.4) is 0 Å². The second kappa shape index (κ2) is 7.29. The summed E-state index contributed by atoms with van der Waals surface area (Å²) >= 11 is 2.69. The summed E-state index contributed by atoms with van der Waals surface area (Å²) in [5.41, 5.74) is 2.67. The number of hydrogen-bond acceptors (Lipinski definition) is 5. The summed E-state index contributed by atoms with van der Waals surface area (Å²) in [6.07, 6.45) is 0.902. The molecule has 3 aromatic rings. The van der Waals surface area contributed by atoms with Crippen LogP contribution in [0.5, 0.6) is 0 Å². The monoisotopic (exact) mass is 370 g/mol. The van der Waals surface area contributed by atoms with Gasteiger partial charge in [0.2, 0.25) is 0 Å². The first-order chi connectivity index (χ1) is 12.0. The summed E-state index contributed by atoms with van der Waals surface area (Å²) in [5.74, 6) is -0.242. The van der Waals surface area contributed by atoms with Crippen molar-refractivity contribution < 1.29 is 9.59 Å². The zero-order valence-electron chi connectivity index (χ0n) is 14.3. The minimum atomic E-state index is -0.184. The lowest BCUT2D eigenvalue weighted by Crippen LogP contribution is -2.09. The van der Waals surface area contributed by atoms with Gasteiger partial charge in [0.05, 0.1) is 15.4 Å². The molecular formula is C19H18N2O2S2. The Balaban J connectivity index is 1.90. The van der Waals surface area contributed by atoms with E-state index in [9.17, 15) is 9.59 Å². The van der Waals surface area contributed by atoms with Crippen LogP contribution in [-0.4, -0.2) is 16.7 Å². The topological polar surface area (TPSA) is 59.1 Å².